The average molecular weight is 412 g/mol. The van der Waals surface area contributed by atoms with Crippen LogP contribution in [0.5, 0.6) is 0 Å². The Hall–Kier alpha value is -2.92. The van der Waals surface area contributed by atoms with Crippen LogP contribution < -0.4 is 4.90 Å². The van der Waals surface area contributed by atoms with E-state index in [0.29, 0.717) is 12.1 Å². The normalized spacial score (nSPS) is 22.2. The molecule has 2 aliphatic rings. The summed E-state index contributed by atoms with van der Waals surface area (Å²) in [5.41, 5.74) is 4.62. The van der Waals surface area contributed by atoms with Crippen LogP contribution >= 0.6 is 0 Å². The maximum Gasteiger partial charge on any atom is 0.236 e. The summed E-state index contributed by atoms with van der Waals surface area (Å²) in [5, 5.41) is 0. The summed E-state index contributed by atoms with van der Waals surface area (Å²) in [4.78, 5) is 14.9. The fourth-order valence-corrected chi connectivity index (χ4v) is 5.62. The second-order valence-corrected chi connectivity index (χ2v) is 9.12. The van der Waals surface area contributed by atoms with E-state index in [-0.39, 0.29) is 0 Å². The van der Waals surface area contributed by atoms with Crippen LogP contribution in [0.3, 0.4) is 0 Å². The number of para-hydroxylation sites is 2. The van der Waals surface area contributed by atoms with Gasteiger partial charge in [0.1, 0.15) is 5.82 Å². The number of imidazole rings is 1. The largest absolute Gasteiger partial charge is 0.356 e. The van der Waals surface area contributed by atoms with E-state index in [9.17, 15) is 0 Å². The van der Waals surface area contributed by atoms with Crippen molar-refractivity contribution in [1.29, 1.82) is 0 Å². The first-order chi connectivity index (χ1) is 15.3. The second kappa shape index (κ2) is 7.65. The Bertz CT molecular complexity index is 1210. The molecule has 2 bridgehead atoms. The lowest BCUT2D eigenvalue weighted by atomic mass is 9.94. The van der Waals surface area contributed by atoms with Crippen LogP contribution in [0.25, 0.3) is 16.8 Å². The van der Waals surface area contributed by atoms with Gasteiger partial charge in [-0.1, -0.05) is 48.9 Å². The molecule has 0 aliphatic carbocycles. The molecule has 0 saturated carbocycles. The van der Waals surface area contributed by atoms with Crippen LogP contribution in [0, 0.1) is 6.92 Å². The molecule has 2 aromatic carbocycles. The third-order valence-corrected chi connectivity index (χ3v) is 7.09. The summed E-state index contributed by atoms with van der Waals surface area (Å²) in [7, 11) is 0. The Kier molecular flexibility index (Phi) is 4.64. The van der Waals surface area contributed by atoms with Crippen LogP contribution in [-0.4, -0.2) is 44.4 Å². The number of benzene rings is 2. The molecule has 158 valence electrons. The zero-order chi connectivity index (χ0) is 20.8. The van der Waals surface area contributed by atoms with Crippen LogP contribution in [0.1, 0.15) is 36.9 Å². The molecule has 4 heterocycles. The van der Waals surface area contributed by atoms with Crippen molar-refractivity contribution in [3.63, 3.8) is 0 Å². The number of hydrogen-bond acceptors (Lipinski definition) is 4. The van der Waals surface area contributed by atoms with Crippen LogP contribution in [0.4, 0.5) is 5.82 Å². The van der Waals surface area contributed by atoms with Gasteiger partial charge < -0.3 is 4.90 Å². The molecule has 2 fully saturated rings. The molecule has 0 radical (unpaired) electrons. The van der Waals surface area contributed by atoms with Crippen molar-refractivity contribution in [2.24, 2.45) is 0 Å². The van der Waals surface area contributed by atoms with Crippen molar-refractivity contribution in [2.75, 3.05) is 18.0 Å². The molecule has 5 nitrogen and oxygen atoms in total. The number of rotatable bonds is 3. The van der Waals surface area contributed by atoms with E-state index < -0.39 is 0 Å². The minimum absolute atomic E-state index is 0.583. The summed E-state index contributed by atoms with van der Waals surface area (Å²) >= 11 is 0. The number of hydrogen-bond donors (Lipinski definition) is 0. The van der Waals surface area contributed by atoms with Crippen LogP contribution in [-0.2, 0) is 6.54 Å². The highest BCUT2D eigenvalue weighted by molar-refractivity contribution is 5.81. The van der Waals surface area contributed by atoms with Crippen molar-refractivity contribution in [3.05, 3.63) is 71.9 Å². The van der Waals surface area contributed by atoms with Crippen molar-refractivity contribution in [2.45, 2.75) is 51.2 Å². The van der Waals surface area contributed by atoms with E-state index in [1.165, 1.54) is 37.1 Å². The molecule has 4 aromatic rings. The van der Waals surface area contributed by atoms with Crippen molar-refractivity contribution < 1.29 is 0 Å². The monoisotopic (exact) mass is 411 g/mol. The van der Waals surface area contributed by atoms with Gasteiger partial charge in [-0.2, -0.15) is 0 Å². The van der Waals surface area contributed by atoms with Gasteiger partial charge in [-0.25, -0.2) is 9.97 Å². The number of aromatic nitrogens is 3. The number of piperidine rings is 1. The van der Waals surface area contributed by atoms with E-state index in [1.54, 1.807) is 0 Å². The van der Waals surface area contributed by atoms with Gasteiger partial charge in [0.2, 0.25) is 5.78 Å². The summed E-state index contributed by atoms with van der Waals surface area (Å²) in [6.07, 6.45) is 5.14. The molecule has 2 atom stereocenters. The lowest BCUT2D eigenvalue weighted by Gasteiger charge is -2.41. The molecule has 2 saturated heterocycles. The van der Waals surface area contributed by atoms with Crippen LogP contribution in [0.2, 0.25) is 0 Å². The van der Waals surface area contributed by atoms with E-state index in [2.05, 4.69) is 81.8 Å². The highest BCUT2D eigenvalue weighted by Crippen LogP contribution is 2.33. The molecule has 31 heavy (non-hydrogen) atoms. The van der Waals surface area contributed by atoms with Gasteiger partial charge in [0.25, 0.3) is 0 Å². The van der Waals surface area contributed by atoms with Gasteiger partial charge in [-0.3, -0.25) is 9.30 Å². The van der Waals surface area contributed by atoms with Crippen molar-refractivity contribution >= 4 is 22.6 Å². The predicted octanol–water partition coefficient (Wildman–Crippen LogP) is 4.82. The SMILES string of the molecule is Cc1cc(N2CCC3CCCC(C2)N3Cc2ccccc2)n2c(n1)nc1ccccc12. The average Bonchev–Trinajstić information content (AvgIpc) is 3.13. The topological polar surface area (TPSA) is 36.7 Å². The third-order valence-electron chi connectivity index (χ3n) is 7.09. The predicted molar refractivity (Wildman–Crippen MR) is 125 cm³/mol. The Morgan fingerprint density at radius 3 is 2.61 bits per heavy atom. The lowest BCUT2D eigenvalue weighted by molar-refractivity contribution is 0.0861. The van der Waals surface area contributed by atoms with E-state index in [4.69, 9.17) is 9.97 Å². The molecular formula is C26H29N5. The smallest absolute Gasteiger partial charge is 0.236 e. The molecule has 0 amide bonds. The van der Waals surface area contributed by atoms with Crippen LogP contribution in [0.15, 0.2) is 60.7 Å². The number of aryl methyl sites for hydroxylation is 1. The Labute approximate surface area is 183 Å². The van der Waals surface area contributed by atoms with Crippen molar-refractivity contribution in [1.82, 2.24) is 19.3 Å². The lowest BCUT2D eigenvalue weighted by Crippen LogP contribution is -2.47. The maximum absolute atomic E-state index is 4.81. The maximum atomic E-state index is 4.81. The number of anilines is 1. The van der Waals surface area contributed by atoms with Gasteiger partial charge in [0.15, 0.2) is 0 Å². The van der Waals surface area contributed by atoms with Gasteiger partial charge >= 0.3 is 0 Å². The number of fused-ring (bicyclic) bond motifs is 5. The first-order valence-corrected chi connectivity index (χ1v) is 11.6. The molecule has 6 rings (SSSR count). The highest BCUT2D eigenvalue weighted by atomic mass is 15.3. The van der Waals surface area contributed by atoms with Crippen molar-refractivity contribution in [3.8, 4) is 0 Å². The third kappa shape index (κ3) is 3.37. The minimum atomic E-state index is 0.583. The quantitative estimate of drug-likeness (QED) is 0.484. The van der Waals surface area contributed by atoms with Gasteiger partial charge in [0.05, 0.1) is 11.0 Å². The Morgan fingerprint density at radius 2 is 1.71 bits per heavy atom. The van der Waals surface area contributed by atoms with Gasteiger partial charge in [0, 0.05) is 43.5 Å². The molecule has 5 heteroatoms. The first-order valence-electron chi connectivity index (χ1n) is 11.6. The first kappa shape index (κ1) is 18.8. The van der Waals surface area contributed by atoms with E-state index in [1.807, 2.05) is 0 Å². The Morgan fingerprint density at radius 1 is 0.903 bits per heavy atom. The van der Waals surface area contributed by atoms with Gasteiger partial charge in [-0.15, -0.1) is 0 Å². The standard InChI is InChI=1S/C26H29N5/c1-19-16-25(31-24-13-6-5-12-23(24)28-26(31)27-19)29-15-14-21-10-7-11-22(18-29)30(21)17-20-8-3-2-4-9-20/h2-6,8-9,12-13,16,21-22H,7,10-11,14-15,17-18H2,1H3. The second-order valence-electron chi connectivity index (χ2n) is 9.12. The highest BCUT2D eigenvalue weighted by Gasteiger charge is 2.35. The summed E-state index contributed by atoms with van der Waals surface area (Å²) in [6, 6.07) is 22.9. The molecule has 2 aliphatic heterocycles. The summed E-state index contributed by atoms with van der Waals surface area (Å²) in [5.74, 6) is 2.05. The Balaban J connectivity index is 1.39. The van der Waals surface area contributed by atoms with E-state index >= 15 is 0 Å². The fourth-order valence-electron chi connectivity index (χ4n) is 5.62. The zero-order valence-electron chi connectivity index (χ0n) is 18.1. The summed E-state index contributed by atoms with van der Waals surface area (Å²) < 4.78 is 2.26. The minimum Gasteiger partial charge on any atom is -0.356 e. The molecule has 0 N–H and O–H groups in total. The van der Waals surface area contributed by atoms with Gasteiger partial charge in [-0.05, 0) is 43.9 Å². The molecular weight excluding hydrogens is 382 g/mol. The zero-order valence-corrected chi connectivity index (χ0v) is 18.1. The molecule has 0 spiro atoms. The fraction of sp³-hybridized carbons (Fsp3) is 0.385. The van der Waals surface area contributed by atoms with E-state index in [0.717, 1.165) is 42.1 Å². The molecule has 2 unspecified atom stereocenters. The summed E-state index contributed by atoms with van der Waals surface area (Å²) in [6.45, 7) is 5.29. The molecule has 2 aromatic heterocycles. The number of nitrogens with zero attached hydrogens (tertiary/aromatic N) is 5.